The molecule has 0 fully saturated rings. The highest BCUT2D eigenvalue weighted by Gasteiger charge is 2.10. The van der Waals surface area contributed by atoms with Crippen molar-refractivity contribution in [1.29, 1.82) is 0 Å². The SMILES string of the molecule is CCc1ccc2oc(-c3ccc(O)c(OC)c3)cc(=NCCC(=O)O)c2c1.[O-][Cl+3]([O-])([O-])O. The lowest BCUT2D eigenvalue weighted by molar-refractivity contribution is -1.92. The van der Waals surface area contributed by atoms with Crippen molar-refractivity contribution in [2.75, 3.05) is 13.7 Å². The average molecular weight is 468 g/mol. The van der Waals surface area contributed by atoms with E-state index in [-0.39, 0.29) is 18.7 Å². The molecule has 0 saturated heterocycles. The highest BCUT2D eigenvalue weighted by Crippen LogP contribution is 2.32. The van der Waals surface area contributed by atoms with Crippen molar-refractivity contribution < 1.29 is 53.0 Å². The maximum absolute atomic E-state index is 10.8. The van der Waals surface area contributed by atoms with Gasteiger partial charge in [-0.1, -0.05) is 13.0 Å². The fraction of sp³-hybridized carbons (Fsp3) is 0.238. The molecule has 10 nitrogen and oxygen atoms in total. The summed E-state index contributed by atoms with van der Waals surface area (Å²) in [6.45, 7) is 2.25. The lowest BCUT2D eigenvalue weighted by Gasteiger charge is -2.09. The van der Waals surface area contributed by atoms with Crippen LogP contribution in [0.5, 0.6) is 11.5 Å². The van der Waals surface area contributed by atoms with Crippen LogP contribution in [-0.2, 0) is 11.2 Å². The summed E-state index contributed by atoms with van der Waals surface area (Å²) >= 11 is 0. The number of aliphatic carboxylic acids is 1. The van der Waals surface area contributed by atoms with E-state index < -0.39 is 16.2 Å². The lowest BCUT2D eigenvalue weighted by atomic mass is 10.1. The summed E-state index contributed by atoms with van der Waals surface area (Å²) in [5, 5.41) is 20.2. The lowest BCUT2D eigenvalue weighted by Crippen LogP contribution is -2.58. The Bertz CT molecular complexity index is 1150. The fourth-order valence-corrected chi connectivity index (χ4v) is 2.81. The minimum absolute atomic E-state index is 0.0383. The Kier molecular flexibility index (Phi) is 8.58. The molecule has 3 rings (SSSR count). The number of hydrogen-bond donors (Lipinski definition) is 3. The van der Waals surface area contributed by atoms with E-state index in [2.05, 4.69) is 11.9 Å². The number of phenolic OH excluding ortho intramolecular Hbond substituents is 1. The zero-order chi connectivity index (χ0) is 23.9. The van der Waals surface area contributed by atoms with Crippen molar-refractivity contribution in [2.45, 2.75) is 19.8 Å². The van der Waals surface area contributed by atoms with Gasteiger partial charge in [0.1, 0.15) is 11.3 Å². The molecule has 0 bridgehead atoms. The van der Waals surface area contributed by atoms with Gasteiger partial charge >= 0.3 is 5.97 Å². The molecular weight excluding hydrogens is 446 g/mol. The van der Waals surface area contributed by atoms with E-state index in [1.165, 1.54) is 13.2 Å². The number of phenols is 1. The minimum Gasteiger partial charge on any atom is -0.504 e. The summed E-state index contributed by atoms with van der Waals surface area (Å²) in [5.41, 5.74) is 2.53. The van der Waals surface area contributed by atoms with E-state index in [1.54, 1.807) is 18.2 Å². The van der Waals surface area contributed by atoms with Crippen molar-refractivity contribution in [3.8, 4) is 22.8 Å². The molecule has 0 aliphatic carbocycles. The molecule has 172 valence electrons. The van der Waals surface area contributed by atoms with E-state index in [1.807, 2.05) is 18.2 Å². The number of carboxylic acid groups (broad SMARTS) is 1. The molecule has 2 aromatic carbocycles. The molecule has 1 heterocycles. The van der Waals surface area contributed by atoms with Gasteiger partial charge in [-0.05, 0) is 42.3 Å². The van der Waals surface area contributed by atoms with Gasteiger partial charge in [0, 0.05) is 17.0 Å². The maximum atomic E-state index is 10.8. The average Bonchev–Trinajstić information content (AvgIpc) is 2.72. The third-order valence-corrected chi connectivity index (χ3v) is 4.29. The van der Waals surface area contributed by atoms with Crippen LogP contribution in [0, 0.1) is 10.2 Å². The Morgan fingerprint density at radius 1 is 1.16 bits per heavy atom. The molecule has 3 aromatic rings. The topological polar surface area (TPSA) is 182 Å². The van der Waals surface area contributed by atoms with Crippen molar-refractivity contribution in [2.24, 2.45) is 4.99 Å². The van der Waals surface area contributed by atoms with Crippen LogP contribution in [-0.4, -0.2) is 34.5 Å². The number of carboxylic acids is 1. The molecule has 0 aliphatic rings. The Hall–Kier alpha value is -3.15. The summed E-state index contributed by atoms with van der Waals surface area (Å²) in [7, 11) is -3.21. The number of nitrogens with zero attached hydrogens (tertiary/aromatic N) is 1. The molecule has 11 heteroatoms. The molecule has 3 N–H and O–H groups in total. The van der Waals surface area contributed by atoms with E-state index in [0.717, 1.165) is 22.9 Å². The molecule has 1 aromatic heterocycles. The maximum Gasteiger partial charge on any atom is 0.305 e. The van der Waals surface area contributed by atoms with Crippen molar-refractivity contribution in [3.05, 3.63) is 53.4 Å². The molecular formula is C21H22ClNO9. The molecule has 0 radical (unpaired) electrons. The molecule has 0 spiro atoms. The van der Waals surface area contributed by atoms with E-state index in [4.69, 9.17) is 32.9 Å². The second kappa shape index (κ2) is 10.9. The van der Waals surface area contributed by atoms with Crippen LogP contribution in [0.25, 0.3) is 22.3 Å². The van der Waals surface area contributed by atoms with Crippen LogP contribution in [0.2, 0.25) is 0 Å². The number of halogens is 1. The number of carbonyl (C=O) groups is 1. The number of ether oxygens (including phenoxy) is 1. The van der Waals surface area contributed by atoms with Gasteiger partial charge in [0.2, 0.25) is 0 Å². The summed E-state index contributed by atoms with van der Waals surface area (Å²) in [6, 6.07) is 12.6. The first-order valence-electron chi connectivity index (χ1n) is 9.31. The normalized spacial score (nSPS) is 11.8. The first kappa shape index (κ1) is 25.1. The van der Waals surface area contributed by atoms with Gasteiger partial charge in [0.25, 0.3) is 0 Å². The third-order valence-electron chi connectivity index (χ3n) is 4.29. The number of hydrogen-bond acceptors (Lipinski definition) is 9. The highest BCUT2D eigenvalue weighted by atomic mass is 35.7. The zero-order valence-electron chi connectivity index (χ0n) is 17.3. The number of aromatic hydroxyl groups is 1. The van der Waals surface area contributed by atoms with Crippen LogP contribution >= 0.6 is 0 Å². The quantitative estimate of drug-likeness (QED) is 0.435. The number of fused-ring (bicyclic) bond motifs is 1. The second-order valence-electron chi connectivity index (χ2n) is 6.49. The van der Waals surface area contributed by atoms with Gasteiger partial charge in [-0.3, -0.25) is 9.79 Å². The Morgan fingerprint density at radius 3 is 2.44 bits per heavy atom. The fourth-order valence-electron chi connectivity index (χ4n) is 2.81. The van der Waals surface area contributed by atoms with Crippen LogP contribution in [0.4, 0.5) is 0 Å². The largest absolute Gasteiger partial charge is 0.504 e. The first-order chi connectivity index (χ1) is 15.0. The molecule has 0 saturated carbocycles. The molecule has 0 atom stereocenters. The Morgan fingerprint density at radius 2 is 1.84 bits per heavy atom. The predicted molar refractivity (Wildman–Crippen MR) is 104 cm³/mol. The van der Waals surface area contributed by atoms with Crippen LogP contribution in [0.3, 0.4) is 0 Å². The third kappa shape index (κ3) is 7.52. The predicted octanol–water partition coefficient (Wildman–Crippen LogP) is -0.372. The Balaban J connectivity index is 0.000000654. The van der Waals surface area contributed by atoms with Gasteiger partial charge in [-0.15, -0.1) is 0 Å². The standard InChI is InChI=1S/C21H21NO5.ClHO4/c1-3-13-4-7-18-15(10-13)16(22-9-8-21(24)25)12-19(27-18)14-5-6-17(23)20(11-14)26-2;2-1(3,4)5/h4-7,10-12,23H,3,8-9H2,1-2H3,(H,24,25);(H,2,3,4,5). The highest BCUT2D eigenvalue weighted by molar-refractivity contribution is 5.79. The van der Waals surface area contributed by atoms with Crippen LogP contribution < -0.4 is 24.1 Å². The summed E-state index contributed by atoms with van der Waals surface area (Å²) in [6.07, 6.45) is 0.838. The number of rotatable bonds is 6. The van der Waals surface area contributed by atoms with Crippen molar-refractivity contribution in [3.63, 3.8) is 0 Å². The Labute approximate surface area is 185 Å². The first-order valence-corrected chi connectivity index (χ1v) is 10.6. The number of methoxy groups -OCH3 is 1. The number of aryl methyl sites for hydroxylation is 1. The van der Waals surface area contributed by atoms with Gasteiger partial charge in [0.05, 0.1) is 40.3 Å². The molecule has 0 amide bonds. The molecule has 0 unspecified atom stereocenters. The van der Waals surface area contributed by atoms with Crippen LogP contribution in [0.15, 0.2) is 51.9 Å². The molecule has 32 heavy (non-hydrogen) atoms. The summed E-state index contributed by atoms with van der Waals surface area (Å²) < 4.78 is 43.9. The van der Waals surface area contributed by atoms with Gasteiger partial charge in [0.15, 0.2) is 11.5 Å². The van der Waals surface area contributed by atoms with Crippen LogP contribution in [0.1, 0.15) is 18.9 Å². The van der Waals surface area contributed by atoms with E-state index >= 15 is 0 Å². The van der Waals surface area contributed by atoms with E-state index in [0.29, 0.717) is 22.5 Å². The van der Waals surface area contributed by atoms with E-state index in [9.17, 15) is 9.90 Å². The number of benzene rings is 2. The van der Waals surface area contributed by atoms with Gasteiger partial charge < -0.3 is 19.4 Å². The minimum atomic E-state index is -4.69. The summed E-state index contributed by atoms with van der Waals surface area (Å²) in [5.74, 6) is 0.0510. The summed E-state index contributed by atoms with van der Waals surface area (Å²) in [4.78, 5) is 15.3. The van der Waals surface area contributed by atoms with Gasteiger partial charge in [-0.25, -0.2) is 0 Å². The van der Waals surface area contributed by atoms with Crippen molar-refractivity contribution in [1.82, 2.24) is 0 Å². The van der Waals surface area contributed by atoms with Gasteiger partial charge in [-0.2, -0.15) is 14.0 Å². The zero-order valence-corrected chi connectivity index (χ0v) is 18.0. The monoisotopic (exact) mass is 467 g/mol. The second-order valence-corrected chi connectivity index (χ2v) is 7.28. The molecule has 0 aliphatic heterocycles. The smallest absolute Gasteiger partial charge is 0.305 e. The van der Waals surface area contributed by atoms with Crippen molar-refractivity contribution >= 4 is 16.9 Å².